The van der Waals surface area contributed by atoms with E-state index in [9.17, 15) is 0 Å². The summed E-state index contributed by atoms with van der Waals surface area (Å²) in [5, 5.41) is 13.6. The van der Waals surface area contributed by atoms with Gasteiger partial charge in [-0.3, -0.25) is 0 Å². The first-order valence-corrected chi connectivity index (χ1v) is 8.44. The Labute approximate surface area is 131 Å². The number of aromatic nitrogens is 5. The average molecular weight is 317 g/mol. The van der Waals surface area contributed by atoms with Gasteiger partial charge in [0.1, 0.15) is 4.88 Å². The van der Waals surface area contributed by atoms with Gasteiger partial charge in [-0.2, -0.15) is 0 Å². The van der Waals surface area contributed by atoms with E-state index in [1.165, 1.54) is 17.1 Å². The first-order chi connectivity index (χ1) is 10.3. The van der Waals surface area contributed by atoms with Crippen LogP contribution in [0.1, 0.15) is 18.2 Å². The molecule has 0 saturated carbocycles. The van der Waals surface area contributed by atoms with Crippen LogP contribution in [0.5, 0.6) is 0 Å². The number of benzene rings is 1. The van der Waals surface area contributed by atoms with Crippen molar-refractivity contribution in [3.63, 3.8) is 0 Å². The van der Waals surface area contributed by atoms with Gasteiger partial charge in [0.25, 0.3) is 0 Å². The van der Waals surface area contributed by atoms with Crippen molar-refractivity contribution in [1.29, 1.82) is 0 Å². The molecule has 0 fully saturated rings. The summed E-state index contributed by atoms with van der Waals surface area (Å²) in [6, 6.07) is 10.4. The van der Waals surface area contributed by atoms with Crippen LogP contribution in [0.3, 0.4) is 0 Å². The molecule has 0 N–H and O–H groups in total. The van der Waals surface area contributed by atoms with Gasteiger partial charge in [0.2, 0.25) is 0 Å². The zero-order valence-corrected chi connectivity index (χ0v) is 13.5. The van der Waals surface area contributed by atoms with Crippen LogP contribution in [0.15, 0.2) is 35.5 Å². The molecule has 0 radical (unpaired) electrons. The van der Waals surface area contributed by atoms with Gasteiger partial charge in [0.15, 0.2) is 11.0 Å². The van der Waals surface area contributed by atoms with Crippen LogP contribution < -0.4 is 0 Å². The summed E-state index contributed by atoms with van der Waals surface area (Å²) in [5.41, 5.74) is 2.19. The lowest BCUT2D eigenvalue weighted by Gasteiger charge is -2.06. The van der Waals surface area contributed by atoms with Crippen molar-refractivity contribution in [2.45, 2.75) is 31.3 Å². The predicted octanol–water partition coefficient (Wildman–Crippen LogP) is 3.42. The van der Waals surface area contributed by atoms with Crippen LogP contribution in [0.25, 0.3) is 10.7 Å². The van der Waals surface area contributed by atoms with Gasteiger partial charge in [-0.1, -0.05) is 46.6 Å². The summed E-state index contributed by atoms with van der Waals surface area (Å²) < 4.78 is 6.10. The quantitative estimate of drug-likeness (QED) is 0.675. The highest BCUT2D eigenvalue weighted by Gasteiger charge is 2.17. The van der Waals surface area contributed by atoms with E-state index in [1.807, 2.05) is 13.0 Å². The molecule has 1 aromatic carbocycles. The highest BCUT2D eigenvalue weighted by molar-refractivity contribution is 7.98. The Hall–Kier alpha value is -1.73. The maximum atomic E-state index is 4.33. The predicted molar refractivity (Wildman–Crippen MR) is 85.3 cm³/mol. The molecule has 3 rings (SSSR count). The van der Waals surface area contributed by atoms with E-state index >= 15 is 0 Å². The zero-order valence-electron chi connectivity index (χ0n) is 11.9. The number of hydrogen-bond donors (Lipinski definition) is 0. The highest BCUT2D eigenvalue weighted by atomic mass is 32.2. The smallest absolute Gasteiger partial charge is 0.191 e. The molecule has 0 bridgehead atoms. The van der Waals surface area contributed by atoms with Gasteiger partial charge in [-0.05, 0) is 30.9 Å². The Kier molecular flexibility index (Phi) is 4.31. The Bertz CT molecular complexity index is 720. The van der Waals surface area contributed by atoms with Gasteiger partial charge in [-0.25, -0.2) is 0 Å². The largest absolute Gasteiger partial charge is 0.302 e. The molecule has 0 amide bonds. The first-order valence-electron chi connectivity index (χ1n) is 6.69. The number of nitrogens with zero attached hydrogens (tertiary/aromatic N) is 5. The molecule has 0 saturated heterocycles. The number of hydrogen-bond acceptors (Lipinski definition) is 6. The first kappa shape index (κ1) is 14.2. The molecule has 7 heteroatoms. The summed E-state index contributed by atoms with van der Waals surface area (Å²) in [7, 11) is 0. The Morgan fingerprint density at radius 3 is 2.62 bits per heavy atom. The molecule has 2 aromatic heterocycles. The number of aryl methyl sites for hydroxylation is 1. The maximum Gasteiger partial charge on any atom is 0.191 e. The van der Waals surface area contributed by atoms with Crippen LogP contribution in [0, 0.1) is 6.92 Å². The molecular weight excluding hydrogens is 302 g/mol. The topological polar surface area (TPSA) is 56.5 Å². The number of rotatable bonds is 5. The summed E-state index contributed by atoms with van der Waals surface area (Å²) in [6.45, 7) is 4.88. The van der Waals surface area contributed by atoms with Crippen LogP contribution in [0.2, 0.25) is 0 Å². The fourth-order valence-electron chi connectivity index (χ4n) is 2.01. The van der Waals surface area contributed by atoms with Crippen LogP contribution in [-0.2, 0) is 12.3 Å². The van der Waals surface area contributed by atoms with E-state index in [4.69, 9.17) is 0 Å². The standard InChI is InChI=1S/C14H15N5S2/c1-3-19-13(12-10(2)15-18-21-12)16-17-14(19)20-9-11-7-5-4-6-8-11/h4-8H,3,9H2,1-2H3. The van der Waals surface area contributed by atoms with Crippen molar-refractivity contribution in [1.82, 2.24) is 24.4 Å². The third kappa shape index (κ3) is 2.98. The zero-order chi connectivity index (χ0) is 14.7. The van der Waals surface area contributed by atoms with E-state index in [0.717, 1.165) is 33.8 Å². The molecule has 2 heterocycles. The SMILES string of the molecule is CCn1c(SCc2ccccc2)nnc1-c1snnc1C. The van der Waals surface area contributed by atoms with Gasteiger partial charge in [-0.15, -0.1) is 15.3 Å². The summed E-state index contributed by atoms with van der Waals surface area (Å²) in [4.78, 5) is 0.996. The second-order valence-corrected chi connectivity index (χ2v) is 6.21. The second-order valence-electron chi connectivity index (χ2n) is 4.51. The minimum Gasteiger partial charge on any atom is -0.302 e. The van der Waals surface area contributed by atoms with Crippen LogP contribution in [-0.4, -0.2) is 24.4 Å². The molecule has 108 valence electrons. The van der Waals surface area contributed by atoms with Gasteiger partial charge < -0.3 is 4.57 Å². The molecule has 5 nitrogen and oxygen atoms in total. The summed E-state index contributed by atoms with van der Waals surface area (Å²) in [6.07, 6.45) is 0. The molecular formula is C14H15N5S2. The lowest BCUT2D eigenvalue weighted by Crippen LogP contribution is -1.99. The molecule has 0 aliphatic heterocycles. The lowest BCUT2D eigenvalue weighted by atomic mass is 10.2. The van der Waals surface area contributed by atoms with Gasteiger partial charge in [0.05, 0.1) is 5.69 Å². The van der Waals surface area contributed by atoms with E-state index < -0.39 is 0 Å². The molecule has 0 spiro atoms. The fourth-order valence-corrected chi connectivity index (χ4v) is 3.62. The second kappa shape index (κ2) is 6.36. The monoisotopic (exact) mass is 317 g/mol. The van der Waals surface area contributed by atoms with Crippen molar-refractivity contribution in [3.8, 4) is 10.7 Å². The maximum absolute atomic E-state index is 4.33. The van der Waals surface area contributed by atoms with E-state index in [1.54, 1.807) is 11.8 Å². The normalized spacial score (nSPS) is 11.0. The van der Waals surface area contributed by atoms with Crippen molar-refractivity contribution < 1.29 is 0 Å². The molecule has 21 heavy (non-hydrogen) atoms. The molecule has 0 aliphatic rings. The summed E-state index contributed by atoms with van der Waals surface area (Å²) >= 11 is 3.07. The Morgan fingerprint density at radius 1 is 1.14 bits per heavy atom. The molecule has 0 unspecified atom stereocenters. The van der Waals surface area contributed by atoms with Crippen LogP contribution in [0.4, 0.5) is 0 Å². The highest BCUT2D eigenvalue weighted by Crippen LogP contribution is 2.29. The Balaban J connectivity index is 1.84. The van der Waals surface area contributed by atoms with E-state index in [2.05, 4.69) is 55.5 Å². The molecule has 3 aromatic rings. The van der Waals surface area contributed by atoms with Gasteiger partial charge in [0, 0.05) is 12.3 Å². The summed E-state index contributed by atoms with van der Waals surface area (Å²) in [5.74, 6) is 1.75. The van der Waals surface area contributed by atoms with E-state index in [-0.39, 0.29) is 0 Å². The van der Waals surface area contributed by atoms with Crippen molar-refractivity contribution in [2.75, 3.05) is 0 Å². The molecule has 0 aliphatic carbocycles. The lowest BCUT2D eigenvalue weighted by molar-refractivity contribution is 0.687. The van der Waals surface area contributed by atoms with Gasteiger partial charge >= 0.3 is 0 Å². The third-order valence-electron chi connectivity index (χ3n) is 3.10. The third-order valence-corrected chi connectivity index (χ3v) is 4.96. The van der Waals surface area contributed by atoms with Crippen molar-refractivity contribution >= 4 is 23.3 Å². The number of thioether (sulfide) groups is 1. The fraction of sp³-hybridized carbons (Fsp3) is 0.286. The van der Waals surface area contributed by atoms with Crippen LogP contribution >= 0.6 is 23.3 Å². The van der Waals surface area contributed by atoms with E-state index in [0.29, 0.717) is 0 Å². The minimum atomic E-state index is 0.830. The molecule has 0 atom stereocenters. The average Bonchev–Trinajstić information content (AvgIpc) is 3.11. The Morgan fingerprint density at radius 2 is 1.95 bits per heavy atom. The van der Waals surface area contributed by atoms with Crippen molar-refractivity contribution in [2.24, 2.45) is 0 Å². The van der Waals surface area contributed by atoms with Crippen molar-refractivity contribution in [3.05, 3.63) is 41.6 Å². The minimum absolute atomic E-state index is 0.830.